The van der Waals surface area contributed by atoms with Gasteiger partial charge in [0.15, 0.2) is 0 Å². The summed E-state index contributed by atoms with van der Waals surface area (Å²) in [5.74, 6) is 0. The molecule has 0 radical (unpaired) electrons. The van der Waals surface area contributed by atoms with Gasteiger partial charge in [0, 0.05) is 23.7 Å². The summed E-state index contributed by atoms with van der Waals surface area (Å²) in [5.41, 5.74) is 7.63. The molecule has 2 rings (SSSR count). The van der Waals surface area contributed by atoms with Crippen molar-refractivity contribution in [3.8, 4) is 0 Å². The number of benzene rings is 1. The zero-order chi connectivity index (χ0) is 15.2. The van der Waals surface area contributed by atoms with Gasteiger partial charge in [-0.3, -0.25) is 4.90 Å². The predicted octanol–water partition coefficient (Wildman–Crippen LogP) is 3.36. The van der Waals surface area contributed by atoms with Gasteiger partial charge in [0.25, 0.3) is 0 Å². The van der Waals surface area contributed by atoms with Crippen molar-refractivity contribution in [3.05, 3.63) is 34.9 Å². The maximum absolute atomic E-state index is 9.49. The molecule has 1 aliphatic rings. The molecule has 4 heteroatoms. The van der Waals surface area contributed by atoms with Gasteiger partial charge in [0.2, 0.25) is 0 Å². The molecule has 0 aliphatic heterocycles. The van der Waals surface area contributed by atoms with Crippen LogP contribution in [0.15, 0.2) is 24.3 Å². The SMILES string of the molecule is CCC(N)C(c1ccc(Cl)cc1)N(CCO)C1CCCC1. The standard InChI is InChI=1S/C17H27ClN2O/c1-2-16(19)17(13-7-9-14(18)10-8-13)20(11-12-21)15-5-3-4-6-15/h7-10,15-17,21H,2-6,11-12,19H2,1H3. The van der Waals surface area contributed by atoms with Gasteiger partial charge < -0.3 is 10.8 Å². The average Bonchev–Trinajstić information content (AvgIpc) is 3.02. The number of aliphatic hydroxyl groups is 1. The van der Waals surface area contributed by atoms with Crippen LogP contribution in [0.3, 0.4) is 0 Å². The van der Waals surface area contributed by atoms with Crippen molar-refractivity contribution in [3.63, 3.8) is 0 Å². The van der Waals surface area contributed by atoms with Gasteiger partial charge >= 0.3 is 0 Å². The molecule has 3 nitrogen and oxygen atoms in total. The van der Waals surface area contributed by atoms with Crippen molar-refractivity contribution in [2.24, 2.45) is 5.73 Å². The molecular weight excluding hydrogens is 284 g/mol. The minimum absolute atomic E-state index is 0.0679. The monoisotopic (exact) mass is 310 g/mol. The van der Waals surface area contributed by atoms with Crippen LogP contribution in [0.5, 0.6) is 0 Å². The van der Waals surface area contributed by atoms with Gasteiger partial charge in [-0.05, 0) is 37.0 Å². The second kappa shape index (κ2) is 8.14. The second-order valence-corrected chi connectivity index (χ2v) is 6.40. The highest BCUT2D eigenvalue weighted by Crippen LogP contribution is 2.33. The molecule has 2 unspecified atom stereocenters. The summed E-state index contributed by atoms with van der Waals surface area (Å²) >= 11 is 6.01. The smallest absolute Gasteiger partial charge is 0.0558 e. The fraction of sp³-hybridized carbons (Fsp3) is 0.647. The van der Waals surface area contributed by atoms with E-state index in [-0.39, 0.29) is 18.7 Å². The molecule has 0 amide bonds. The van der Waals surface area contributed by atoms with Crippen LogP contribution in [0.25, 0.3) is 0 Å². The molecule has 21 heavy (non-hydrogen) atoms. The van der Waals surface area contributed by atoms with E-state index in [1.807, 2.05) is 12.1 Å². The first kappa shape index (κ1) is 16.8. The minimum atomic E-state index is 0.0679. The highest BCUT2D eigenvalue weighted by atomic mass is 35.5. The zero-order valence-electron chi connectivity index (χ0n) is 12.8. The summed E-state index contributed by atoms with van der Waals surface area (Å²) in [6.07, 6.45) is 5.89. The van der Waals surface area contributed by atoms with E-state index >= 15 is 0 Å². The normalized spacial score (nSPS) is 19.1. The Balaban J connectivity index is 2.29. The lowest BCUT2D eigenvalue weighted by Gasteiger charge is -2.39. The number of hydrogen-bond acceptors (Lipinski definition) is 3. The number of hydrogen-bond donors (Lipinski definition) is 2. The molecule has 0 heterocycles. The van der Waals surface area contributed by atoms with Crippen LogP contribution in [-0.2, 0) is 0 Å². The molecule has 0 bridgehead atoms. The first-order valence-electron chi connectivity index (χ1n) is 8.05. The van der Waals surface area contributed by atoms with Gasteiger partial charge in [-0.2, -0.15) is 0 Å². The number of halogens is 1. The molecule has 1 aromatic carbocycles. The highest BCUT2D eigenvalue weighted by molar-refractivity contribution is 6.30. The molecule has 0 spiro atoms. The molecular formula is C17H27ClN2O. The number of aliphatic hydroxyl groups excluding tert-OH is 1. The quantitative estimate of drug-likeness (QED) is 0.812. The van der Waals surface area contributed by atoms with Crippen molar-refractivity contribution in [2.45, 2.75) is 57.2 Å². The van der Waals surface area contributed by atoms with Crippen LogP contribution < -0.4 is 5.73 Å². The fourth-order valence-corrected chi connectivity index (χ4v) is 3.59. The molecule has 1 aliphatic carbocycles. The number of nitrogens with two attached hydrogens (primary N) is 1. The molecule has 3 N–H and O–H groups in total. The molecule has 1 aromatic rings. The van der Waals surface area contributed by atoms with Gasteiger partial charge in [-0.1, -0.05) is 43.5 Å². The zero-order valence-corrected chi connectivity index (χ0v) is 13.6. The minimum Gasteiger partial charge on any atom is -0.395 e. The predicted molar refractivity (Wildman–Crippen MR) is 88.5 cm³/mol. The average molecular weight is 311 g/mol. The van der Waals surface area contributed by atoms with E-state index in [1.54, 1.807) is 0 Å². The van der Waals surface area contributed by atoms with E-state index in [0.29, 0.717) is 12.6 Å². The van der Waals surface area contributed by atoms with E-state index in [1.165, 1.54) is 31.2 Å². The summed E-state index contributed by atoms with van der Waals surface area (Å²) in [5, 5.41) is 10.2. The van der Waals surface area contributed by atoms with Crippen LogP contribution >= 0.6 is 11.6 Å². The highest BCUT2D eigenvalue weighted by Gasteiger charge is 2.32. The third kappa shape index (κ3) is 4.19. The molecule has 1 saturated carbocycles. The Morgan fingerprint density at radius 2 is 1.90 bits per heavy atom. The fourth-order valence-electron chi connectivity index (χ4n) is 3.47. The van der Waals surface area contributed by atoms with Gasteiger partial charge in [-0.15, -0.1) is 0 Å². The third-order valence-electron chi connectivity index (χ3n) is 4.60. The summed E-state index contributed by atoms with van der Waals surface area (Å²) < 4.78 is 0. The molecule has 0 aromatic heterocycles. The van der Waals surface area contributed by atoms with Crippen LogP contribution in [0.2, 0.25) is 5.02 Å². The number of nitrogens with zero attached hydrogens (tertiary/aromatic N) is 1. The largest absolute Gasteiger partial charge is 0.395 e. The lowest BCUT2D eigenvalue weighted by atomic mass is 9.94. The lowest BCUT2D eigenvalue weighted by Crippen LogP contribution is -2.46. The van der Waals surface area contributed by atoms with Crippen LogP contribution in [0, 0.1) is 0 Å². The van der Waals surface area contributed by atoms with E-state index in [9.17, 15) is 5.11 Å². The Bertz CT molecular complexity index is 417. The molecule has 0 saturated heterocycles. The van der Waals surface area contributed by atoms with E-state index in [4.69, 9.17) is 17.3 Å². The second-order valence-electron chi connectivity index (χ2n) is 5.97. The topological polar surface area (TPSA) is 49.5 Å². The molecule has 1 fully saturated rings. The Labute approximate surface area is 133 Å². The summed E-state index contributed by atoms with van der Waals surface area (Å²) in [7, 11) is 0. The van der Waals surface area contributed by atoms with Crippen molar-refractivity contribution in [1.82, 2.24) is 4.90 Å². The van der Waals surface area contributed by atoms with Crippen molar-refractivity contribution >= 4 is 11.6 Å². The van der Waals surface area contributed by atoms with Gasteiger partial charge in [0.1, 0.15) is 0 Å². The van der Waals surface area contributed by atoms with E-state index < -0.39 is 0 Å². The van der Waals surface area contributed by atoms with Crippen LogP contribution in [0.1, 0.15) is 50.6 Å². The van der Waals surface area contributed by atoms with Gasteiger partial charge in [-0.25, -0.2) is 0 Å². The first-order chi connectivity index (χ1) is 10.2. The summed E-state index contributed by atoms with van der Waals surface area (Å²) in [4.78, 5) is 2.42. The Morgan fingerprint density at radius 3 is 2.43 bits per heavy atom. The summed E-state index contributed by atoms with van der Waals surface area (Å²) in [6, 6.07) is 8.76. The maximum Gasteiger partial charge on any atom is 0.0558 e. The molecule has 2 atom stereocenters. The first-order valence-corrected chi connectivity index (χ1v) is 8.42. The van der Waals surface area contributed by atoms with Crippen molar-refractivity contribution < 1.29 is 5.11 Å². The Morgan fingerprint density at radius 1 is 1.29 bits per heavy atom. The number of rotatable bonds is 7. The summed E-state index contributed by atoms with van der Waals surface area (Å²) in [6.45, 7) is 2.99. The van der Waals surface area contributed by atoms with Crippen LogP contribution in [0.4, 0.5) is 0 Å². The Kier molecular flexibility index (Phi) is 6.49. The molecule has 118 valence electrons. The third-order valence-corrected chi connectivity index (χ3v) is 4.85. The Hall–Kier alpha value is -0.610. The maximum atomic E-state index is 9.49. The van der Waals surface area contributed by atoms with Crippen molar-refractivity contribution in [1.29, 1.82) is 0 Å². The van der Waals surface area contributed by atoms with Gasteiger partial charge in [0.05, 0.1) is 12.6 Å². The van der Waals surface area contributed by atoms with E-state index in [0.717, 1.165) is 11.4 Å². The van der Waals surface area contributed by atoms with Crippen LogP contribution in [-0.4, -0.2) is 35.2 Å². The van der Waals surface area contributed by atoms with Crippen molar-refractivity contribution in [2.75, 3.05) is 13.2 Å². The lowest BCUT2D eigenvalue weighted by molar-refractivity contribution is 0.0882. The van der Waals surface area contributed by atoms with E-state index in [2.05, 4.69) is 24.0 Å².